The largest absolute Gasteiger partial charge is 0.333 e. The van der Waals surface area contributed by atoms with Gasteiger partial charge in [-0.1, -0.05) is 35.5 Å². The van der Waals surface area contributed by atoms with Crippen LogP contribution in [0.25, 0.3) is 21.9 Å². The Bertz CT molecular complexity index is 1120. The SMILES string of the molecule is Cc1cccc2c(=O)[nH]c(CSc3nc4ccc(Cl)cc4[nH]3)nc12. The zero-order valence-electron chi connectivity index (χ0n) is 12.8. The van der Waals surface area contributed by atoms with E-state index in [1.807, 2.05) is 37.3 Å². The van der Waals surface area contributed by atoms with E-state index in [1.165, 1.54) is 11.8 Å². The van der Waals surface area contributed by atoms with Crippen molar-refractivity contribution >= 4 is 45.3 Å². The van der Waals surface area contributed by atoms with Crippen molar-refractivity contribution in [3.8, 4) is 0 Å². The average molecular weight is 357 g/mol. The summed E-state index contributed by atoms with van der Waals surface area (Å²) in [4.78, 5) is 27.3. The number of halogens is 1. The fourth-order valence-electron chi connectivity index (χ4n) is 2.58. The molecule has 5 nitrogen and oxygen atoms in total. The van der Waals surface area contributed by atoms with Crippen LogP contribution in [0.15, 0.2) is 46.3 Å². The van der Waals surface area contributed by atoms with Gasteiger partial charge in [-0.05, 0) is 36.8 Å². The summed E-state index contributed by atoms with van der Waals surface area (Å²) < 4.78 is 0. The molecule has 0 spiro atoms. The topological polar surface area (TPSA) is 74.4 Å². The van der Waals surface area contributed by atoms with Crippen LogP contribution in [0.4, 0.5) is 0 Å². The minimum absolute atomic E-state index is 0.115. The van der Waals surface area contributed by atoms with E-state index in [1.54, 1.807) is 6.07 Å². The van der Waals surface area contributed by atoms with Crippen LogP contribution in [0.5, 0.6) is 0 Å². The molecule has 0 bridgehead atoms. The molecule has 0 saturated heterocycles. The number of para-hydroxylation sites is 1. The summed E-state index contributed by atoms with van der Waals surface area (Å²) in [5.41, 5.74) is 3.37. The standard InChI is InChI=1S/C17H13ClN4OS/c1-9-3-2-4-11-15(9)21-14(22-16(11)23)8-24-17-19-12-6-5-10(18)7-13(12)20-17/h2-7H,8H2,1H3,(H,19,20)(H,21,22,23). The van der Waals surface area contributed by atoms with Gasteiger partial charge < -0.3 is 9.97 Å². The van der Waals surface area contributed by atoms with Gasteiger partial charge in [0.05, 0.1) is 27.7 Å². The Kier molecular flexibility index (Phi) is 3.78. The van der Waals surface area contributed by atoms with Crippen molar-refractivity contribution in [3.63, 3.8) is 0 Å². The monoisotopic (exact) mass is 356 g/mol. The van der Waals surface area contributed by atoms with Crippen LogP contribution in [0.1, 0.15) is 11.4 Å². The van der Waals surface area contributed by atoms with E-state index < -0.39 is 0 Å². The van der Waals surface area contributed by atoms with Gasteiger partial charge in [0.15, 0.2) is 5.16 Å². The molecule has 2 N–H and O–H groups in total. The lowest BCUT2D eigenvalue weighted by molar-refractivity contribution is 1.02. The summed E-state index contributed by atoms with van der Waals surface area (Å²) in [6, 6.07) is 11.1. The number of imidazole rings is 1. The van der Waals surface area contributed by atoms with Crippen molar-refractivity contribution in [3.05, 3.63) is 63.2 Å². The summed E-state index contributed by atoms with van der Waals surface area (Å²) in [5, 5.41) is 2.04. The number of H-pyrrole nitrogens is 2. The summed E-state index contributed by atoms with van der Waals surface area (Å²) in [6.07, 6.45) is 0. The Balaban J connectivity index is 1.64. The highest BCUT2D eigenvalue weighted by Crippen LogP contribution is 2.24. The van der Waals surface area contributed by atoms with E-state index in [9.17, 15) is 4.79 Å². The highest BCUT2D eigenvalue weighted by molar-refractivity contribution is 7.98. The highest BCUT2D eigenvalue weighted by atomic mass is 35.5. The number of thioether (sulfide) groups is 1. The molecule has 0 unspecified atom stereocenters. The molecule has 0 fully saturated rings. The van der Waals surface area contributed by atoms with Gasteiger partial charge in [0.1, 0.15) is 5.82 Å². The number of hydrogen-bond donors (Lipinski definition) is 2. The number of aromatic nitrogens is 4. The van der Waals surface area contributed by atoms with Crippen molar-refractivity contribution in [1.82, 2.24) is 19.9 Å². The van der Waals surface area contributed by atoms with E-state index in [0.717, 1.165) is 27.3 Å². The lowest BCUT2D eigenvalue weighted by Gasteiger charge is -2.04. The van der Waals surface area contributed by atoms with E-state index in [2.05, 4.69) is 19.9 Å². The Morgan fingerprint density at radius 1 is 1.17 bits per heavy atom. The smallest absolute Gasteiger partial charge is 0.258 e. The lowest BCUT2D eigenvalue weighted by Crippen LogP contribution is -2.11. The van der Waals surface area contributed by atoms with Gasteiger partial charge in [0.25, 0.3) is 5.56 Å². The third kappa shape index (κ3) is 2.79. The van der Waals surface area contributed by atoms with Crippen molar-refractivity contribution in [2.45, 2.75) is 17.8 Å². The highest BCUT2D eigenvalue weighted by Gasteiger charge is 2.08. The first kappa shape index (κ1) is 15.2. The maximum absolute atomic E-state index is 12.2. The fraction of sp³-hybridized carbons (Fsp3) is 0.118. The fourth-order valence-corrected chi connectivity index (χ4v) is 3.51. The number of nitrogens with one attached hydrogen (secondary N) is 2. The lowest BCUT2D eigenvalue weighted by atomic mass is 10.1. The molecule has 2 aromatic heterocycles. The van der Waals surface area contributed by atoms with Crippen molar-refractivity contribution in [2.24, 2.45) is 0 Å². The molecular formula is C17H13ClN4OS. The molecule has 0 aliphatic rings. The van der Waals surface area contributed by atoms with Crippen molar-refractivity contribution in [2.75, 3.05) is 0 Å². The van der Waals surface area contributed by atoms with Crippen LogP contribution in [-0.2, 0) is 5.75 Å². The van der Waals surface area contributed by atoms with Gasteiger partial charge in [0, 0.05) is 5.02 Å². The predicted molar refractivity (Wildman–Crippen MR) is 97.8 cm³/mol. The third-order valence-corrected chi connectivity index (χ3v) is 4.87. The number of rotatable bonds is 3. The van der Waals surface area contributed by atoms with Gasteiger partial charge in [0.2, 0.25) is 0 Å². The minimum Gasteiger partial charge on any atom is -0.333 e. The van der Waals surface area contributed by atoms with Crippen molar-refractivity contribution < 1.29 is 0 Å². The molecule has 24 heavy (non-hydrogen) atoms. The quantitative estimate of drug-likeness (QED) is 0.543. The predicted octanol–water partition coefficient (Wildman–Crippen LogP) is 4.05. The molecule has 120 valence electrons. The van der Waals surface area contributed by atoms with E-state index in [-0.39, 0.29) is 5.56 Å². The second-order valence-electron chi connectivity index (χ2n) is 5.48. The molecule has 7 heteroatoms. The normalized spacial score (nSPS) is 11.4. The van der Waals surface area contributed by atoms with Gasteiger partial charge in [-0.2, -0.15) is 0 Å². The zero-order valence-corrected chi connectivity index (χ0v) is 14.3. The average Bonchev–Trinajstić information content (AvgIpc) is 2.96. The molecular weight excluding hydrogens is 344 g/mol. The van der Waals surface area contributed by atoms with Crippen LogP contribution in [-0.4, -0.2) is 19.9 Å². The number of aromatic amines is 2. The van der Waals surface area contributed by atoms with Gasteiger partial charge in [-0.25, -0.2) is 9.97 Å². The molecule has 0 radical (unpaired) electrons. The number of nitrogens with zero attached hydrogens (tertiary/aromatic N) is 2. The second kappa shape index (κ2) is 5.96. The summed E-state index contributed by atoms with van der Waals surface area (Å²) in [5.74, 6) is 1.15. The first-order valence-electron chi connectivity index (χ1n) is 7.37. The number of hydrogen-bond acceptors (Lipinski definition) is 4. The molecule has 0 aliphatic carbocycles. The number of fused-ring (bicyclic) bond motifs is 2. The van der Waals surface area contributed by atoms with Gasteiger partial charge in [-0.3, -0.25) is 4.79 Å². The summed E-state index contributed by atoms with van der Waals surface area (Å²) >= 11 is 7.47. The van der Waals surface area contributed by atoms with Crippen molar-refractivity contribution in [1.29, 1.82) is 0 Å². The molecule has 4 rings (SSSR count). The molecule has 0 saturated carbocycles. The third-order valence-electron chi connectivity index (χ3n) is 3.75. The molecule has 4 aromatic rings. The van der Waals surface area contributed by atoms with Crippen LogP contribution >= 0.6 is 23.4 Å². The van der Waals surface area contributed by atoms with Gasteiger partial charge in [-0.15, -0.1) is 0 Å². The zero-order chi connectivity index (χ0) is 16.7. The maximum atomic E-state index is 12.2. The van der Waals surface area contributed by atoms with Crippen LogP contribution in [0.2, 0.25) is 5.02 Å². The number of benzene rings is 2. The Morgan fingerprint density at radius 3 is 2.92 bits per heavy atom. The molecule has 0 atom stereocenters. The number of aryl methyl sites for hydroxylation is 1. The molecule has 0 aliphatic heterocycles. The Labute approximate surface area is 146 Å². The first-order valence-corrected chi connectivity index (χ1v) is 8.73. The first-order chi connectivity index (χ1) is 11.6. The van der Waals surface area contributed by atoms with E-state index >= 15 is 0 Å². The molecule has 0 amide bonds. The Morgan fingerprint density at radius 2 is 2.04 bits per heavy atom. The van der Waals surface area contributed by atoms with Crippen LogP contribution in [0, 0.1) is 6.92 Å². The molecule has 2 heterocycles. The maximum Gasteiger partial charge on any atom is 0.258 e. The Hall–Kier alpha value is -2.31. The summed E-state index contributed by atoms with van der Waals surface area (Å²) in [6.45, 7) is 1.95. The second-order valence-corrected chi connectivity index (χ2v) is 6.88. The summed E-state index contributed by atoms with van der Waals surface area (Å²) in [7, 11) is 0. The van der Waals surface area contributed by atoms with E-state index in [4.69, 9.17) is 11.6 Å². The molecule has 2 aromatic carbocycles. The van der Waals surface area contributed by atoms with Gasteiger partial charge >= 0.3 is 0 Å². The van der Waals surface area contributed by atoms with Crippen LogP contribution in [0.3, 0.4) is 0 Å². The van der Waals surface area contributed by atoms with Crippen LogP contribution < -0.4 is 5.56 Å². The van der Waals surface area contributed by atoms with E-state index in [0.29, 0.717) is 22.0 Å². The minimum atomic E-state index is -0.115.